The van der Waals surface area contributed by atoms with Crippen molar-refractivity contribution in [3.8, 4) is 0 Å². The van der Waals surface area contributed by atoms with Gasteiger partial charge in [-0.1, -0.05) is 72.1 Å². The van der Waals surface area contributed by atoms with Crippen LogP contribution in [-0.4, -0.2) is 85.5 Å². The molecule has 0 radical (unpaired) electrons. The first-order valence-electron chi connectivity index (χ1n) is 16.0. The maximum atomic E-state index is 13.4. The number of rotatable bonds is 17. The first-order chi connectivity index (χ1) is 20.6. The lowest BCUT2D eigenvalue weighted by Crippen LogP contribution is -2.59. The largest absolute Gasteiger partial charge is 0.453 e. The van der Waals surface area contributed by atoms with Crippen molar-refractivity contribution in [2.45, 2.75) is 116 Å². The van der Waals surface area contributed by atoms with E-state index in [2.05, 4.69) is 21.5 Å². The number of nitrogens with zero attached hydrogens (tertiary/aromatic N) is 1. The second kappa shape index (κ2) is 19.7. The molecule has 2 fully saturated rings. The smallest absolute Gasteiger partial charge is 0.407 e. The van der Waals surface area contributed by atoms with Crippen LogP contribution in [-0.2, 0) is 24.0 Å². The molecule has 12 heteroatoms. The van der Waals surface area contributed by atoms with Gasteiger partial charge in [-0.2, -0.15) is 5.48 Å². The van der Waals surface area contributed by atoms with Crippen LogP contribution in [0.3, 0.4) is 0 Å². The lowest BCUT2D eigenvalue weighted by molar-refractivity contribution is -0.134. The molecule has 2 aliphatic rings. The van der Waals surface area contributed by atoms with Gasteiger partial charge in [0.15, 0.2) is 0 Å². The number of hydrazine groups is 1. The predicted octanol–water partition coefficient (Wildman–Crippen LogP) is 2.64. The van der Waals surface area contributed by atoms with Crippen molar-refractivity contribution in [2.24, 2.45) is 23.7 Å². The number of hydrogen-bond acceptors (Lipinski definition) is 9. The Bertz CT molecular complexity index is 901. The minimum absolute atomic E-state index is 0.0916. The van der Waals surface area contributed by atoms with Gasteiger partial charge in [-0.05, 0) is 37.0 Å². The molecule has 246 valence electrons. The molecule has 0 heterocycles. The van der Waals surface area contributed by atoms with Crippen LogP contribution in [0.5, 0.6) is 0 Å². The van der Waals surface area contributed by atoms with E-state index in [4.69, 9.17) is 9.57 Å². The van der Waals surface area contributed by atoms with Crippen LogP contribution in [0.25, 0.3) is 0 Å². The first-order valence-corrected chi connectivity index (χ1v) is 16.0. The third-order valence-corrected chi connectivity index (χ3v) is 8.78. The number of nitrogens with one attached hydrogen (secondary N) is 4. The summed E-state index contributed by atoms with van der Waals surface area (Å²) in [5.41, 5.74) is 5.62. The summed E-state index contributed by atoms with van der Waals surface area (Å²) in [6.07, 6.45) is 11.1. The van der Waals surface area contributed by atoms with Crippen molar-refractivity contribution in [1.29, 1.82) is 0 Å². The average molecular weight is 610 g/mol. The van der Waals surface area contributed by atoms with Crippen molar-refractivity contribution < 1.29 is 33.9 Å². The molecule has 43 heavy (non-hydrogen) atoms. The fourth-order valence-electron chi connectivity index (χ4n) is 6.24. The summed E-state index contributed by atoms with van der Waals surface area (Å²) < 4.78 is 4.72. The van der Waals surface area contributed by atoms with E-state index in [1.807, 2.05) is 13.8 Å². The zero-order valence-electron chi connectivity index (χ0n) is 26.7. The lowest BCUT2D eigenvalue weighted by atomic mass is 9.83. The summed E-state index contributed by atoms with van der Waals surface area (Å²) in [5, 5.41) is 19.1. The van der Waals surface area contributed by atoms with E-state index in [-0.39, 0.29) is 18.4 Å². The van der Waals surface area contributed by atoms with E-state index in [1.165, 1.54) is 33.1 Å². The Labute approximate surface area is 257 Å². The highest BCUT2D eigenvalue weighted by atomic mass is 16.6. The summed E-state index contributed by atoms with van der Waals surface area (Å²) in [6, 6.07) is -2.28. The van der Waals surface area contributed by atoms with Gasteiger partial charge in [-0.15, -0.1) is 0 Å². The number of hydroxylamine groups is 1. The van der Waals surface area contributed by atoms with Gasteiger partial charge in [0.05, 0.1) is 26.4 Å². The van der Waals surface area contributed by atoms with Crippen LogP contribution in [0, 0.1) is 23.7 Å². The summed E-state index contributed by atoms with van der Waals surface area (Å²) in [5.74, 6) is 0.952. The highest BCUT2D eigenvalue weighted by Crippen LogP contribution is 2.29. The second-order valence-corrected chi connectivity index (χ2v) is 12.6. The number of ether oxygens (including phenoxy) is 1. The van der Waals surface area contributed by atoms with Crippen molar-refractivity contribution in [2.75, 3.05) is 27.3 Å². The molecule has 0 aromatic carbocycles. The number of alkyl carbamates (subject to hydrolysis) is 1. The number of aliphatic hydroxyl groups is 1. The lowest BCUT2D eigenvalue weighted by Gasteiger charge is -2.36. The molecule has 0 saturated heterocycles. The van der Waals surface area contributed by atoms with Crippen LogP contribution in [0.15, 0.2) is 6.08 Å². The standard InChI is InChI=1S/C31H55N5O7/c1-21(2)27(33-31(41)42-4)29(39)32-25(18-23-12-8-6-9-13-23)26(38)20-36(19-24-14-10-7-11-15-24)34-30(40)28(35-43-5)22(3)16-17-37/h16,21-28,35,38H,6-15,18-20H2,1-5H3,(H,32,39)(H,33,41)(H,34,40)/t22?,25-,26-,27-,28-/m0/s1. The molecular weight excluding hydrogens is 554 g/mol. The van der Waals surface area contributed by atoms with E-state index in [1.54, 1.807) is 17.9 Å². The van der Waals surface area contributed by atoms with Gasteiger partial charge >= 0.3 is 6.09 Å². The normalized spacial score (nSPS) is 19.9. The van der Waals surface area contributed by atoms with Crippen molar-refractivity contribution in [1.82, 2.24) is 26.5 Å². The Hall–Kier alpha value is -2.50. The summed E-state index contributed by atoms with van der Waals surface area (Å²) in [7, 11) is 2.65. The third kappa shape index (κ3) is 12.9. The number of hydrogen-bond donors (Lipinski definition) is 5. The van der Waals surface area contributed by atoms with E-state index in [0.29, 0.717) is 24.8 Å². The maximum absolute atomic E-state index is 13.4. The van der Waals surface area contributed by atoms with Gasteiger partial charge < -0.3 is 25.3 Å². The van der Waals surface area contributed by atoms with Gasteiger partial charge in [0, 0.05) is 25.1 Å². The quantitative estimate of drug-likeness (QED) is 0.123. The second-order valence-electron chi connectivity index (χ2n) is 12.6. The Morgan fingerprint density at radius 1 is 0.907 bits per heavy atom. The fraction of sp³-hybridized carbons (Fsp3) is 0.839. The summed E-state index contributed by atoms with van der Waals surface area (Å²) >= 11 is 0. The molecule has 5 atom stereocenters. The number of methoxy groups -OCH3 is 1. The van der Waals surface area contributed by atoms with Gasteiger partial charge in [0.1, 0.15) is 18.0 Å². The van der Waals surface area contributed by atoms with Crippen LogP contribution in [0.1, 0.15) is 91.4 Å². The van der Waals surface area contributed by atoms with Crippen LogP contribution < -0.4 is 21.5 Å². The van der Waals surface area contributed by atoms with Crippen molar-refractivity contribution in [3.05, 3.63) is 6.08 Å². The van der Waals surface area contributed by atoms with E-state index >= 15 is 0 Å². The van der Waals surface area contributed by atoms with E-state index < -0.39 is 42.1 Å². The van der Waals surface area contributed by atoms with Crippen LogP contribution >= 0.6 is 0 Å². The summed E-state index contributed by atoms with van der Waals surface area (Å²) in [4.78, 5) is 54.8. The molecule has 3 amide bonds. The number of carbonyl (C=O) groups is 3. The molecule has 2 saturated carbocycles. The predicted molar refractivity (Wildman–Crippen MR) is 163 cm³/mol. The van der Waals surface area contributed by atoms with Gasteiger partial charge in [-0.3, -0.25) is 15.0 Å². The Morgan fingerprint density at radius 2 is 1.51 bits per heavy atom. The number of aliphatic hydroxyl groups excluding tert-OH is 1. The minimum atomic E-state index is -0.998. The third-order valence-electron chi connectivity index (χ3n) is 8.78. The van der Waals surface area contributed by atoms with E-state index in [9.17, 15) is 24.3 Å². The molecule has 12 nitrogen and oxygen atoms in total. The van der Waals surface area contributed by atoms with Gasteiger partial charge in [0.2, 0.25) is 5.91 Å². The van der Waals surface area contributed by atoms with Crippen LogP contribution in [0.2, 0.25) is 0 Å². The number of carbonyl (C=O) groups excluding carboxylic acids is 4. The average Bonchev–Trinajstić information content (AvgIpc) is 2.98. The molecular formula is C31H55N5O7. The van der Waals surface area contributed by atoms with Crippen molar-refractivity contribution in [3.63, 3.8) is 0 Å². The molecule has 0 spiro atoms. The molecule has 5 N–H and O–H groups in total. The molecule has 0 bridgehead atoms. The Kier molecular flexibility index (Phi) is 16.8. The van der Waals surface area contributed by atoms with Crippen LogP contribution in [0.4, 0.5) is 4.79 Å². The van der Waals surface area contributed by atoms with E-state index in [0.717, 1.165) is 51.4 Å². The Balaban J connectivity index is 2.27. The highest BCUT2D eigenvalue weighted by Gasteiger charge is 2.33. The number of amides is 3. The SMILES string of the molecule is CON[C@H](C(=O)NN(CC1CCCCC1)C[C@H](O)[C@H](CC1CCCCC1)NC(=O)[C@@H](NC(=O)OC)C(C)C)C(C)C=C=O. The van der Waals surface area contributed by atoms with Crippen molar-refractivity contribution >= 4 is 23.8 Å². The van der Waals surface area contributed by atoms with Gasteiger partial charge in [0.25, 0.3) is 5.91 Å². The molecule has 0 aromatic rings. The zero-order valence-corrected chi connectivity index (χ0v) is 26.7. The molecule has 0 aromatic heterocycles. The summed E-state index contributed by atoms with van der Waals surface area (Å²) in [6.45, 7) is 6.01. The first kappa shape index (κ1) is 36.7. The zero-order chi connectivity index (χ0) is 31.8. The molecule has 1 unspecified atom stereocenters. The molecule has 2 rings (SSSR count). The minimum Gasteiger partial charge on any atom is -0.453 e. The fourth-order valence-corrected chi connectivity index (χ4v) is 6.24. The topological polar surface area (TPSA) is 158 Å². The molecule has 2 aliphatic carbocycles. The maximum Gasteiger partial charge on any atom is 0.407 e. The molecule has 0 aliphatic heterocycles. The Morgan fingerprint density at radius 3 is 2.05 bits per heavy atom. The highest BCUT2D eigenvalue weighted by molar-refractivity contribution is 5.86. The monoisotopic (exact) mass is 609 g/mol. The van der Waals surface area contributed by atoms with Gasteiger partial charge in [-0.25, -0.2) is 14.6 Å².